The van der Waals surface area contributed by atoms with Gasteiger partial charge in [0.1, 0.15) is 5.75 Å². The number of hydrogen-bond acceptors (Lipinski definition) is 5. The van der Waals surface area contributed by atoms with Crippen molar-refractivity contribution in [3.05, 3.63) is 34.4 Å². The van der Waals surface area contributed by atoms with Crippen LogP contribution in [0.1, 0.15) is 6.42 Å². The Labute approximate surface area is 97.3 Å². The monoisotopic (exact) mass is 237 g/mol. The standard InChI is InChI=1S/C11H11NO5/c13-11(8-4-5-16-7-8)17-10-3-1-2-9(6-10)12(14)15/h1-3,6,8H,4-5,7H2. The van der Waals surface area contributed by atoms with Crippen molar-refractivity contribution < 1.29 is 19.2 Å². The second kappa shape index (κ2) is 4.92. The molecular weight excluding hydrogens is 226 g/mol. The Kier molecular flexibility index (Phi) is 3.34. The molecule has 6 nitrogen and oxygen atoms in total. The molecule has 1 atom stereocenters. The number of rotatable bonds is 3. The summed E-state index contributed by atoms with van der Waals surface area (Å²) in [5.74, 6) is -0.478. The van der Waals surface area contributed by atoms with Crippen molar-refractivity contribution in [1.29, 1.82) is 0 Å². The van der Waals surface area contributed by atoms with E-state index in [9.17, 15) is 14.9 Å². The highest BCUT2D eigenvalue weighted by Gasteiger charge is 2.25. The number of carbonyl (C=O) groups excluding carboxylic acids is 1. The fourth-order valence-corrected chi connectivity index (χ4v) is 1.58. The number of nitro groups is 1. The fourth-order valence-electron chi connectivity index (χ4n) is 1.58. The fraction of sp³-hybridized carbons (Fsp3) is 0.364. The minimum atomic E-state index is -0.532. The highest BCUT2D eigenvalue weighted by atomic mass is 16.6. The predicted octanol–water partition coefficient (Wildman–Crippen LogP) is 1.54. The van der Waals surface area contributed by atoms with E-state index in [1.807, 2.05) is 0 Å². The lowest BCUT2D eigenvalue weighted by atomic mass is 10.1. The van der Waals surface area contributed by atoms with Gasteiger partial charge in [0.15, 0.2) is 0 Å². The van der Waals surface area contributed by atoms with Crippen molar-refractivity contribution in [3.63, 3.8) is 0 Å². The molecule has 1 aromatic rings. The Hall–Kier alpha value is -1.95. The molecule has 0 aliphatic carbocycles. The van der Waals surface area contributed by atoms with Crippen molar-refractivity contribution in [2.45, 2.75) is 6.42 Å². The smallest absolute Gasteiger partial charge is 0.316 e. The molecule has 0 N–H and O–H groups in total. The number of esters is 1. The molecule has 0 amide bonds. The summed E-state index contributed by atoms with van der Waals surface area (Å²) in [7, 11) is 0. The maximum atomic E-state index is 11.6. The molecule has 1 fully saturated rings. The molecule has 0 spiro atoms. The third-order valence-corrected chi connectivity index (χ3v) is 2.51. The quantitative estimate of drug-likeness (QED) is 0.345. The molecule has 90 valence electrons. The first-order valence-electron chi connectivity index (χ1n) is 5.21. The van der Waals surface area contributed by atoms with Crippen LogP contribution in [0.2, 0.25) is 0 Å². The second-order valence-corrected chi connectivity index (χ2v) is 3.74. The van der Waals surface area contributed by atoms with Crippen molar-refractivity contribution in [2.75, 3.05) is 13.2 Å². The summed E-state index contributed by atoms with van der Waals surface area (Å²) in [5, 5.41) is 10.5. The van der Waals surface area contributed by atoms with Crippen LogP contribution in [0, 0.1) is 16.0 Å². The number of benzene rings is 1. The molecule has 1 saturated heterocycles. The van der Waals surface area contributed by atoms with Gasteiger partial charge in [-0.05, 0) is 12.5 Å². The Balaban J connectivity index is 2.05. The molecule has 0 radical (unpaired) electrons. The Bertz CT molecular complexity index is 439. The number of ether oxygens (including phenoxy) is 2. The van der Waals surface area contributed by atoms with Crippen LogP contribution < -0.4 is 4.74 Å². The predicted molar refractivity (Wildman–Crippen MR) is 57.7 cm³/mol. The molecule has 2 rings (SSSR count). The molecule has 1 aromatic carbocycles. The van der Waals surface area contributed by atoms with Gasteiger partial charge in [0.25, 0.3) is 5.69 Å². The Morgan fingerprint density at radius 1 is 1.53 bits per heavy atom. The summed E-state index contributed by atoms with van der Waals surface area (Å²) in [5.41, 5.74) is -0.0991. The lowest BCUT2D eigenvalue weighted by Crippen LogP contribution is -2.20. The van der Waals surface area contributed by atoms with Gasteiger partial charge in [0, 0.05) is 12.7 Å². The van der Waals surface area contributed by atoms with Gasteiger partial charge in [0.2, 0.25) is 0 Å². The van der Waals surface area contributed by atoms with Gasteiger partial charge >= 0.3 is 5.97 Å². The van der Waals surface area contributed by atoms with Gasteiger partial charge in [-0.15, -0.1) is 0 Å². The van der Waals surface area contributed by atoms with Crippen LogP contribution in [0.25, 0.3) is 0 Å². The molecule has 1 aliphatic rings. The summed E-state index contributed by atoms with van der Waals surface area (Å²) in [6.07, 6.45) is 0.633. The van der Waals surface area contributed by atoms with Gasteiger partial charge in [-0.3, -0.25) is 14.9 Å². The second-order valence-electron chi connectivity index (χ2n) is 3.74. The zero-order valence-corrected chi connectivity index (χ0v) is 9.00. The van der Waals surface area contributed by atoms with E-state index in [0.29, 0.717) is 19.6 Å². The lowest BCUT2D eigenvalue weighted by molar-refractivity contribution is -0.384. The molecular formula is C11H11NO5. The average Bonchev–Trinajstić information content (AvgIpc) is 2.82. The van der Waals surface area contributed by atoms with Crippen LogP contribution in [-0.2, 0) is 9.53 Å². The molecule has 1 heterocycles. The van der Waals surface area contributed by atoms with E-state index in [2.05, 4.69) is 0 Å². The molecule has 0 saturated carbocycles. The average molecular weight is 237 g/mol. The third-order valence-electron chi connectivity index (χ3n) is 2.51. The van der Waals surface area contributed by atoms with E-state index in [1.54, 1.807) is 0 Å². The van der Waals surface area contributed by atoms with E-state index in [1.165, 1.54) is 24.3 Å². The van der Waals surface area contributed by atoms with Crippen LogP contribution in [0.15, 0.2) is 24.3 Å². The van der Waals surface area contributed by atoms with E-state index in [0.717, 1.165) is 0 Å². The zero-order valence-electron chi connectivity index (χ0n) is 9.00. The first kappa shape index (κ1) is 11.5. The van der Waals surface area contributed by atoms with Crippen molar-refractivity contribution in [1.82, 2.24) is 0 Å². The summed E-state index contributed by atoms with van der Waals surface area (Å²) >= 11 is 0. The Morgan fingerprint density at radius 2 is 2.35 bits per heavy atom. The van der Waals surface area contributed by atoms with Crippen LogP contribution in [0.3, 0.4) is 0 Å². The van der Waals surface area contributed by atoms with Gasteiger partial charge in [-0.1, -0.05) is 6.07 Å². The number of carbonyl (C=O) groups is 1. The minimum Gasteiger partial charge on any atom is -0.426 e. The van der Waals surface area contributed by atoms with Gasteiger partial charge in [0.05, 0.1) is 23.5 Å². The first-order chi connectivity index (χ1) is 8.16. The first-order valence-corrected chi connectivity index (χ1v) is 5.21. The van der Waals surface area contributed by atoms with Crippen molar-refractivity contribution >= 4 is 11.7 Å². The lowest BCUT2D eigenvalue weighted by Gasteiger charge is -2.07. The summed E-state index contributed by atoms with van der Waals surface area (Å²) in [6, 6.07) is 5.57. The summed E-state index contributed by atoms with van der Waals surface area (Å²) < 4.78 is 10.1. The highest BCUT2D eigenvalue weighted by molar-refractivity contribution is 5.75. The SMILES string of the molecule is O=C(Oc1cccc([N+](=O)[O-])c1)C1CCOC1. The molecule has 0 aromatic heterocycles. The van der Waals surface area contributed by atoms with Crippen molar-refractivity contribution in [2.24, 2.45) is 5.92 Å². The van der Waals surface area contributed by atoms with E-state index < -0.39 is 10.9 Å². The number of nitro benzene ring substituents is 1. The van der Waals surface area contributed by atoms with E-state index in [4.69, 9.17) is 9.47 Å². The van der Waals surface area contributed by atoms with E-state index in [-0.39, 0.29) is 17.4 Å². The molecule has 0 bridgehead atoms. The third kappa shape index (κ3) is 2.79. The van der Waals surface area contributed by atoms with Gasteiger partial charge < -0.3 is 9.47 Å². The van der Waals surface area contributed by atoms with E-state index >= 15 is 0 Å². The van der Waals surface area contributed by atoms with Crippen LogP contribution in [0.4, 0.5) is 5.69 Å². The maximum Gasteiger partial charge on any atom is 0.316 e. The minimum absolute atomic E-state index is 0.0991. The number of hydrogen-bond donors (Lipinski definition) is 0. The van der Waals surface area contributed by atoms with Crippen LogP contribution >= 0.6 is 0 Å². The largest absolute Gasteiger partial charge is 0.426 e. The van der Waals surface area contributed by atoms with Crippen LogP contribution in [-0.4, -0.2) is 24.1 Å². The highest BCUT2D eigenvalue weighted by Crippen LogP contribution is 2.21. The Morgan fingerprint density at radius 3 is 3.00 bits per heavy atom. The molecule has 1 unspecified atom stereocenters. The normalized spacial score (nSPS) is 18.9. The maximum absolute atomic E-state index is 11.6. The zero-order chi connectivity index (χ0) is 12.3. The van der Waals surface area contributed by atoms with Crippen molar-refractivity contribution in [3.8, 4) is 5.75 Å². The summed E-state index contributed by atoms with van der Waals surface area (Å²) in [4.78, 5) is 21.6. The topological polar surface area (TPSA) is 78.7 Å². The van der Waals surface area contributed by atoms with Gasteiger partial charge in [-0.2, -0.15) is 0 Å². The number of nitrogens with zero attached hydrogens (tertiary/aromatic N) is 1. The molecule has 17 heavy (non-hydrogen) atoms. The van der Waals surface area contributed by atoms with Crippen LogP contribution in [0.5, 0.6) is 5.75 Å². The van der Waals surface area contributed by atoms with Gasteiger partial charge in [-0.25, -0.2) is 0 Å². The molecule has 1 aliphatic heterocycles. The summed E-state index contributed by atoms with van der Waals surface area (Å²) in [6.45, 7) is 0.905. The molecule has 6 heteroatoms. The number of non-ortho nitro benzene ring substituents is 1.